The standard InChI is InChI=1S/C13H24N2O2/c1-11-4-3-6-14(8-11)13(16)15-7-5-12(9-15)10-17-2/h11-12H,3-10H2,1-2H3. The smallest absolute Gasteiger partial charge is 0.320 e. The molecular weight excluding hydrogens is 216 g/mol. The van der Waals surface area contributed by atoms with Crippen LogP contribution in [0.5, 0.6) is 0 Å². The van der Waals surface area contributed by atoms with E-state index in [0.29, 0.717) is 11.8 Å². The summed E-state index contributed by atoms with van der Waals surface area (Å²) < 4.78 is 5.16. The van der Waals surface area contributed by atoms with Gasteiger partial charge in [-0.25, -0.2) is 4.79 Å². The van der Waals surface area contributed by atoms with E-state index in [1.165, 1.54) is 6.42 Å². The number of amides is 2. The predicted molar refractivity (Wildman–Crippen MR) is 66.9 cm³/mol. The number of urea groups is 1. The number of ether oxygens (including phenoxy) is 1. The topological polar surface area (TPSA) is 32.8 Å². The Bertz CT molecular complexity index is 270. The molecule has 98 valence electrons. The third-order valence-corrected chi connectivity index (χ3v) is 3.89. The van der Waals surface area contributed by atoms with Crippen LogP contribution in [0.4, 0.5) is 4.79 Å². The normalized spacial score (nSPS) is 29.8. The first-order valence-electron chi connectivity index (χ1n) is 6.73. The summed E-state index contributed by atoms with van der Waals surface area (Å²) in [6.07, 6.45) is 3.50. The van der Waals surface area contributed by atoms with Crippen molar-refractivity contribution < 1.29 is 9.53 Å². The molecule has 0 aliphatic carbocycles. The summed E-state index contributed by atoms with van der Waals surface area (Å²) in [7, 11) is 1.73. The number of carbonyl (C=O) groups excluding carboxylic acids is 1. The maximum absolute atomic E-state index is 12.3. The lowest BCUT2D eigenvalue weighted by molar-refractivity contribution is 0.130. The summed E-state index contributed by atoms with van der Waals surface area (Å²) in [6.45, 7) is 6.66. The second-order valence-electron chi connectivity index (χ2n) is 5.53. The van der Waals surface area contributed by atoms with Gasteiger partial charge in [0.2, 0.25) is 0 Å². The molecule has 17 heavy (non-hydrogen) atoms. The molecule has 0 N–H and O–H groups in total. The molecule has 2 aliphatic heterocycles. The van der Waals surface area contributed by atoms with E-state index < -0.39 is 0 Å². The minimum Gasteiger partial charge on any atom is -0.384 e. The van der Waals surface area contributed by atoms with Gasteiger partial charge in [-0.1, -0.05) is 6.92 Å². The first-order chi connectivity index (χ1) is 8.20. The average molecular weight is 240 g/mol. The van der Waals surface area contributed by atoms with Gasteiger partial charge in [-0.2, -0.15) is 0 Å². The minimum absolute atomic E-state index is 0.246. The largest absolute Gasteiger partial charge is 0.384 e. The number of carbonyl (C=O) groups is 1. The van der Waals surface area contributed by atoms with Crippen molar-refractivity contribution in [2.24, 2.45) is 11.8 Å². The Hall–Kier alpha value is -0.770. The van der Waals surface area contributed by atoms with Gasteiger partial charge in [-0.05, 0) is 25.2 Å². The fourth-order valence-corrected chi connectivity index (χ4v) is 2.94. The molecule has 2 heterocycles. The second kappa shape index (κ2) is 5.71. The third-order valence-electron chi connectivity index (χ3n) is 3.89. The van der Waals surface area contributed by atoms with E-state index in [2.05, 4.69) is 6.92 Å². The monoisotopic (exact) mass is 240 g/mol. The van der Waals surface area contributed by atoms with Gasteiger partial charge >= 0.3 is 6.03 Å². The Morgan fingerprint density at radius 1 is 1.24 bits per heavy atom. The zero-order valence-corrected chi connectivity index (χ0v) is 11.0. The van der Waals surface area contributed by atoms with Crippen LogP contribution in [-0.4, -0.2) is 55.7 Å². The van der Waals surface area contributed by atoms with Gasteiger partial charge in [0.15, 0.2) is 0 Å². The van der Waals surface area contributed by atoms with Gasteiger partial charge < -0.3 is 14.5 Å². The predicted octanol–water partition coefficient (Wildman–Crippen LogP) is 1.81. The molecule has 0 saturated carbocycles. The van der Waals surface area contributed by atoms with Crippen molar-refractivity contribution in [3.8, 4) is 0 Å². The summed E-state index contributed by atoms with van der Waals surface area (Å²) in [5.74, 6) is 1.19. The molecule has 2 amide bonds. The summed E-state index contributed by atoms with van der Waals surface area (Å²) in [4.78, 5) is 16.3. The van der Waals surface area contributed by atoms with Crippen LogP contribution in [0.15, 0.2) is 0 Å². The van der Waals surface area contributed by atoms with E-state index in [1.807, 2.05) is 9.80 Å². The van der Waals surface area contributed by atoms with Crippen LogP contribution < -0.4 is 0 Å². The summed E-state index contributed by atoms with van der Waals surface area (Å²) >= 11 is 0. The van der Waals surface area contributed by atoms with Crippen LogP contribution in [0.2, 0.25) is 0 Å². The molecule has 2 saturated heterocycles. The maximum atomic E-state index is 12.3. The quantitative estimate of drug-likeness (QED) is 0.737. The van der Waals surface area contributed by atoms with Crippen molar-refractivity contribution in [3.63, 3.8) is 0 Å². The lowest BCUT2D eigenvalue weighted by Gasteiger charge is -2.34. The molecule has 0 aromatic carbocycles. The zero-order valence-electron chi connectivity index (χ0n) is 11.0. The van der Waals surface area contributed by atoms with E-state index in [4.69, 9.17) is 4.74 Å². The fraction of sp³-hybridized carbons (Fsp3) is 0.923. The van der Waals surface area contributed by atoms with E-state index >= 15 is 0 Å². The summed E-state index contributed by atoms with van der Waals surface area (Å²) in [5.41, 5.74) is 0. The molecule has 2 rings (SSSR count). The van der Waals surface area contributed by atoms with Crippen molar-refractivity contribution in [1.29, 1.82) is 0 Å². The molecular formula is C13H24N2O2. The molecule has 2 unspecified atom stereocenters. The van der Waals surface area contributed by atoms with Gasteiger partial charge in [0.1, 0.15) is 0 Å². The number of hydrogen-bond donors (Lipinski definition) is 0. The highest BCUT2D eigenvalue weighted by Gasteiger charge is 2.30. The first-order valence-corrected chi connectivity index (χ1v) is 6.73. The van der Waals surface area contributed by atoms with Crippen LogP contribution in [0, 0.1) is 11.8 Å². The molecule has 2 aliphatic rings. The van der Waals surface area contributed by atoms with E-state index in [-0.39, 0.29) is 6.03 Å². The Balaban J connectivity index is 1.83. The number of piperidine rings is 1. The van der Waals surface area contributed by atoms with Gasteiger partial charge in [0.05, 0.1) is 6.61 Å². The maximum Gasteiger partial charge on any atom is 0.320 e. The summed E-state index contributed by atoms with van der Waals surface area (Å²) in [5, 5.41) is 0. The highest BCUT2D eigenvalue weighted by Crippen LogP contribution is 2.21. The fourth-order valence-electron chi connectivity index (χ4n) is 2.94. The molecule has 4 heteroatoms. The number of methoxy groups -OCH3 is 1. The Morgan fingerprint density at radius 3 is 2.71 bits per heavy atom. The van der Waals surface area contributed by atoms with Gasteiger partial charge in [0, 0.05) is 39.2 Å². The van der Waals surface area contributed by atoms with Crippen LogP contribution in [-0.2, 0) is 4.74 Å². The van der Waals surface area contributed by atoms with Crippen molar-refractivity contribution in [2.75, 3.05) is 39.9 Å². The van der Waals surface area contributed by atoms with Gasteiger partial charge in [0.25, 0.3) is 0 Å². The van der Waals surface area contributed by atoms with Crippen LogP contribution >= 0.6 is 0 Å². The van der Waals surface area contributed by atoms with Crippen LogP contribution in [0.3, 0.4) is 0 Å². The van der Waals surface area contributed by atoms with Gasteiger partial charge in [-0.15, -0.1) is 0 Å². The Kier molecular flexibility index (Phi) is 4.26. The van der Waals surface area contributed by atoms with Crippen molar-refractivity contribution in [3.05, 3.63) is 0 Å². The number of rotatable bonds is 2. The Labute approximate surface area is 104 Å². The van der Waals surface area contributed by atoms with Crippen LogP contribution in [0.1, 0.15) is 26.2 Å². The number of hydrogen-bond acceptors (Lipinski definition) is 2. The molecule has 0 radical (unpaired) electrons. The highest BCUT2D eigenvalue weighted by molar-refractivity contribution is 5.74. The zero-order chi connectivity index (χ0) is 12.3. The molecule has 4 nitrogen and oxygen atoms in total. The first kappa shape index (κ1) is 12.7. The SMILES string of the molecule is COCC1CCN(C(=O)N2CCCC(C)C2)C1. The molecule has 0 aromatic heterocycles. The molecule has 0 bridgehead atoms. The lowest BCUT2D eigenvalue weighted by Crippen LogP contribution is -2.46. The second-order valence-corrected chi connectivity index (χ2v) is 5.53. The molecule has 0 aromatic rings. The lowest BCUT2D eigenvalue weighted by atomic mass is 10.0. The van der Waals surface area contributed by atoms with E-state index in [9.17, 15) is 4.79 Å². The Morgan fingerprint density at radius 2 is 2.00 bits per heavy atom. The molecule has 2 atom stereocenters. The van der Waals surface area contributed by atoms with Crippen LogP contribution in [0.25, 0.3) is 0 Å². The molecule has 2 fully saturated rings. The third kappa shape index (κ3) is 3.12. The number of likely N-dealkylation sites (tertiary alicyclic amines) is 2. The van der Waals surface area contributed by atoms with Gasteiger partial charge in [-0.3, -0.25) is 0 Å². The highest BCUT2D eigenvalue weighted by atomic mass is 16.5. The molecule has 0 spiro atoms. The van der Waals surface area contributed by atoms with Crippen molar-refractivity contribution in [2.45, 2.75) is 26.2 Å². The van der Waals surface area contributed by atoms with E-state index in [0.717, 1.165) is 45.6 Å². The number of nitrogens with zero attached hydrogens (tertiary/aromatic N) is 2. The van der Waals surface area contributed by atoms with E-state index in [1.54, 1.807) is 7.11 Å². The minimum atomic E-state index is 0.246. The average Bonchev–Trinajstić information content (AvgIpc) is 2.77. The van der Waals surface area contributed by atoms with Crippen molar-refractivity contribution in [1.82, 2.24) is 9.80 Å². The van der Waals surface area contributed by atoms with Crippen molar-refractivity contribution >= 4 is 6.03 Å². The summed E-state index contributed by atoms with van der Waals surface area (Å²) in [6, 6.07) is 0.246.